The number of carbonyl (C=O) groups excluding carboxylic acids is 1. The summed E-state index contributed by atoms with van der Waals surface area (Å²) in [6.45, 7) is 0.607. The summed E-state index contributed by atoms with van der Waals surface area (Å²) < 4.78 is 14.5. The van der Waals surface area contributed by atoms with Crippen molar-refractivity contribution in [2.45, 2.75) is 18.5 Å². The molecule has 2 aliphatic rings. The summed E-state index contributed by atoms with van der Waals surface area (Å²) in [6, 6.07) is 17.6. The number of aromatic nitrogens is 1. The molecule has 0 bridgehead atoms. The Balaban J connectivity index is 1.63. The third kappa shape index (κ3) is 3.18. The fourth-order valence-corrected chi connectivity index (χ4v) is 5.18. The van der Waals surface area contributed by atoms with Crippen LogP contribution in [-0.4, -0.2) is 47.1 Å². The normalized spacial score (nSPS) is 22.2. The van der Waals surface area contributed by atoms with Crippen LogP contribution < -0.4 is 4.90 Å². The Kier molecular flexibility index (Phi) is 4.94. The Hall–Kier alpha value is -3.25. The van der Waals surface area contributed by atoms with Gasteiger partial charge in [-0.25, -0.2) is 4.39 Å². The summed E-state index contributed by atoms with van der Waals surface area (Å²) >= 11 is 0. The molecule has 0 aliphatic carbocycles. The van der Waals surface area contributed by atoms with Crippen molar-refractivity contribution in [3.63, 3.8) is 0 Å². The zero-order chi connectivity index (χ0) is 21.5. The minimum Gasteiger partial charge on any atom is -0.394 e. The molecule has 1 amide bonds. The molecule has 31 heavy (non-hydrogen) atoms. The third-order valence-corrected chi connectivity index (χ3v) is 6.68. The van der Waals surface area contributed by atoms with Crippen molar-refractivity contribution in [1.29, 1.82) is 0 Å². The lowest BCUT2D eigenvalue weighted by molar-refractivity contribution is 0.0688. The molecule has 0 radical (unpaired) electrons. The predicted octanol–water partition coefficient (Wildman–Crippen LogP) is 3.90. The second kappa shape index (κ2) is 7.78. The molecule has 1 aromatic heterocycles. The first kappa shape index (κ1) is 19.7. The van der Waals surface area contributed by atoms with Crippen LogP contribution in [0.5, 0.6) is 0 Å². The molecule has 2 aliphatic heterocycles. The number of amides is 1. The number of anilines is 1. The number of likely N-dealkylation sites (N-methyl/N-ethyl adjacent to an activating group) is 1. The quantitative estimate of drug-likeness (QED) is 0.702. The van der Waals surface area contributed by atoms with Crippen LogP contribution in [0.15, 0.2) is 66.9 Å². The second-order valence-corrected chi connectivity index (χ2v) is 8.23. The molecule has 3 atom stereocenters. The van der Waals surface area contributed by atoms with Gasteiger partial charge in [0.05, 0.1) is 18.7 Å². The van der Waals surface area contributed by atoms with Gasteiger partial charge in [0.1, 0.15) is 11.5 Å². The van der Waals surface area contributed by atoms with Crippen molar-refractivity contribution in [2.75, 3.05) is 25.1 Å². The minimum atomic E-state index is -0.274. The van der Waals surface area contributed by atoms with Crippen LogP contribution in [-0.2, 0) is 0 Å². The van der Waals surface area contributed by atoms with E-state index in [0.717, 1.165) is 23.2 Å². The van der Waals surface area contributed by atoms with E-state index in [1.54, 1.807) is 30.5 Å². The number of halogens is 1. The maximum absolute atomic E-state index is 14.5. The average molecular weight is 417 g/mol. The molecule has 158 valence electrons. The highest BCUT2D eigenvalue weighted by molar-refractivity contribution is 5.93. The number of hydrogen-bond acceptors (Lipinski definition) is 4. The molecule has 1 fully saturated rings. The van der Waals surface area contributed by atoms with Gasteiger partial charge in [-0.2, -0.15) is 0 Å². The van der Waals surface area contributed by atoms with Crippen LogP contribution in [0.25, 0.3) is 11.1 Å². The number of likely N-dealkylation sites (tertiary alicyclic amines) is 1. The lowest BCUT2D eigenvalue weighted by Crippen LogP contribution is -2.48. The number of hydrogen-bond donors (Lipinski definition) is 1. The van der Waals surface area contributed by atoms with E-state index in [9.17, 15) is 14.3 Å². The van der Waals surface area contributed by atoms with Gasteiger partial charge < -0.3 is 14.9 Å². The van der Waals surface area contributed by atoms with Crippen LogP contribution in [0.1, 0.15) is 28.5 Å². The minimum absolute atomic E-state index is 0.0117. The van der Waals surface area contributed by atoms with Crippen molar-refractivity contribution < 1.29 is 14.3 Å². The molecule has 6 heteroatoms. The maximum Gasteiger partial charge on any atom is 0.272 e. The summed E-state index contributed by atoms with van der Waals surface area (Å²) in [7, 11) is 1.97. The van der Waals surface area contributed by atoms with Crippen molar-refractivity contribution in [1.82, 2.24) is 9.88 Å². The van der Waals surface area contributed by atoms with E-state index >= 15 is 0 Å². The van der Waals surface area contributed by atoms with Crippen LogP contribution >= 0.6 is 0 Å². The van der Waals surface area contributed by atoms with E-state index in [4.69, 9.17) is 0 Å². The topological polar surface area (TPSA) is 56.7 Å². The van der Waals surface area contributed by atoms with Crippen molar-refractivity contribution in [3.05, 3.63) is 83.9 Å². The lowest BCUT2D eigenvalue weighted by atomic mass is 9.81. The zero-order valence-corrected chi connectivity index (χ0v) is 17.3. The molecule has 0 spiro atoms. The highest BCUT2D eigenvalue weighted by atomic mass is 19.1. The molecule has 2 aromatic carbocycles. The van der Waals surface area contributed by atoms with E-state index in [-0.39, 0.29) is 36.3 Å². The number of rotatable bonds is 3. The fraction of sp³-hybridized carbons (Fsp3) is 0.280. The van der Waals surface area contributed by atoms with Gasteiger partial charge >= 0.3 is 0 Å². The Morgan fingerprint density at radius 2 is 1.97 bits per heavy atom. The van der Waals surface area contributed by atoms with Crippen LogP contribution in [0.3, 0.4) is 0 Å². The molecule has 1 N–H and O–H groups in total. The molecule has 3 heterocycles. The van der Waals surface area contributed by atoms with Gasteiger partial charge in [0.2, 0.25) is 0 Å². The number of aliphatic hydroxyl groups excluding tert-OH is 1. The Morgan fingerprint density at radius 3 is 2.71 bits per heavy atom. The monoisotopic (exact) mass is 417 g/mol. The number of nitrogens with zero attached hydrogens (tertiary/aromatic N) is 3. The molecule has 1 saturated heterocycles. The summed E-state index contributed by atoms with van der Waals surface area (Å²) in [4.78, 5) is 21.5. The van der Waals surface area contributed by atoms with E-state index in [0.29, 0.717) is 17.8 Å². The first-order chi connectivity index (χ1) is 15.1. The average Bonchev–Trinajstić information content (AvgIpc) is 3.24. The summed E-state index contributed by atoms with van der Waals surface area (Å²) in [5.74, 6) is -0.299. The number of aliphatic hydroxyl groups is 1. The van der Waals surface area contributed by atoms with E-state index in [2.05, 4.69) is 9.88 Å². The van der Waals surface area contributed by atoms with Crippen LogP contribution in [0.2, 0.25) is 0 Å². The Bertz CT molecular complexity index is 1120. The standard InChI is InChI=1S/C25H24FN3O2/c1-28-22-10-9-16(17-6-2-3-7-20(17)26)14-19(22)24-18(23(28)15-30)11-13-29(24)25(31)21-8-4-5-12-27-21/h2-10,12,14,18,23-24,30H,11,13,15H2,1H3/t18-,23+,24-/m1/s1. The highest BCUT2D eigenvalue weighted by Crippen LogP contribution is 2.49. The molecule has 0 saturated carbocycles. The van der Waals surface area contributed by atoms with Gasteiger partial charge in [0.25, 0.3) is 5.91 Å². The van der Waals surface area contributed by atoms with Gasteiger partial charge in [0, 0.05) is 37.0 Å². The van der Waals surface area contributed by atoms with E-state index in [1.165, 1.54) is 6.07 Å². The van der Waals surface area contributed by atoms with Gasteiger partial charge in [-0.05, 0) is 47.9 Å². The SMILES string of the molecule is CN1c2ccc(-c3ccccc3F)cc2[C@H]2[C@H](CCN2C(=O)c2ccccn2)[C@@H]1CO. The number of carbonyl (C=O) groups is 1. The molecular formula is C25H24FN3O2. The van der Waals surface area contributed by atoms with Crippen LogP contribution in [0, 0.1) is 11.7 Å². The number of pyridine rings is 1. The van der Waals surface area contributed by atoms with Crippen molar-refractivity contribution in [2.24, 2.45) is 5.92 Å². The fourth-order valence-electron chi connectivity index (χ4n) is 5.18. The summed E-state index contributed by atoms with van der Waals surface area (Å²) in [5.41, 5.74) is 3.67. The number of benzene rings is 2. The largest absolute Gasteiger partial charge is 0.394 e. The summed E-state index contributed by atoms with van der Waals surface area (Å²) in [5, 5.41) is 10.1. The second-order valence-electron chi connectivity index (χ2n) is 8.23. The number of fused-ring (bicyclic) bond motifs is 3. The zero-order valence-electron chi connectivity index (χ0n) is 17.3. The Morgan fingerprint density at radius 1 is 1.16 bits per heavy atom. The van der Waals surface area contributed by atoms with Gasteiger partial charge in [0.15, 0.2) is 0 Å². The molecule has 3 aromatic rings. The Labute approximate surface area is 180 Å². The first-order valence-electron chi connectivity index (χ1n) is 10.5. The highest BCUT2D eigenvalue weighted by Gasteiger charge is 2.48. The van der Waals surface area contributed by atoms with E-state index < -0.39 is 0 Å². The molecule has 5 rings (SSSR count). The summed E-state index contributed by atoms with van der Waals surface area (Å²) in [6.07, 6.45) is 2.42. The van der Waals surface area contributed by atoms with Crippen molar-refractivity contribution in [3.8, 4) is 11.1 Å². The van der Waals surface area contributed by atoms with Gasteiger partial charge in [-0.1, -0.05) is 30.3 Å². The third-order valence-electron chi connectivity index (χ3n) is 6.68. The molecular weight excluding hydrogens is 393 g/mol. The lowest BCUT2D eigenvalue weighted by Gasteiger charge is -2.44. The first-order valence-corrected chi connectivity index (χ1v) is 10.5. The van der Waals surface area contributed by atoms with Crippen molar-refractivity contribution >= 4 is 11.6 Å². The molecule has 5 nitrogen and oxygen atoms in total. The molecule has 0 unspecified atom stereocenters. The predicted molar refractivity (Wildman–Crippen MR) is 117 cm³/mol. The van der Waals surface area contributed by atoms with E-state index in [1.807, 2.05) is 42.3 Å². The van der Waals surface area contributed by atoms with Gasteiger partial charge in [-0.15, -0.1) is 0 Å². The van der Waals surface area contributed by atoms with Crippen LogP contribution in [0.4, 0.5) is 10.1 Å². The van der Waals surface area contributed by atoms with Gasteiger partial charge in [-0.3, -0.25) is 9.78 Å². The maximum atomic E-state index is 14.5. The smallest absolute Gasteiger partial charge is 0.272 e.